The number of aromatic nitrogens is 5. The van der Waals surface area contributed by atoms with E-state index in [1.54, 1.807) is 11.6 Å². The van der Waals surface area contributed by atoms with Crippen molar-refractivity contribution in [2.45, 2.75) is 57.1 Å². The Balaban J connectivity index is 1.24. The van der Waals surface area contributed by atoms with Crippen LogP contribution in [0.5, 0.6) is 5.88 Å². The highest BCUT2D eigenvalue weighted by Gasteiger charge is 2.44. The van der Waals surface area contributed by atoms with Crippen LogP contribution in [0.3, 0.4) is 0 Å². The monoisotopic (exact) mass is 582 g/mol. The zero-order chi connectivity index (χ0) is 28.1. The first-order valence-electron chi connectivity index (χ1n) is 12.8. The molecule has 6 rings (SSSR count). The van der Waals surface area contributed by atoms with E-state index in [1.165, 1.54) is 28.4 Å². The predicted octanol–water partition coefficient (Wildman–Crippen LogP) is 3.53. The Bertz CT molecular complexity index is 1440. The van der Waals surface area contributed by atoms with E-state index >= 15 is 0 Å². The number of carbonyl (C=O) groups excluding carboxylic acids is 2. The van der Waals surface area contributed by atoms with E-state index in [2.05, 4.69) is 36.0 Å². The first-order chi connectivity index (χ1) is 19.2. The smallest absolute Gasteiger partial charge is 0.388 e. The first-order valence-corrected chi connectivity index (χ1v) is 13.7. The molecule has 2 saturated carbocycles. The first kappa shape index (κ1) is 26.5. The molecule has 0 unspecified atom stereocenters. The summed E-state index contributed by atoms with van der Waals surface area (Å²) in [5, 5.41) is 21.0. The van der Waals surface area contributed by atoms with Crippen LogP contribution < -0.4 is 20.7 Å². The lowest BCUT2D eigenvalue weighted by molar-refractivity contribution is -0.117. The number of rotatable bonds is 10. The molecule has 2 fully saturated rings. The van der Waals surface area contributed by atoms with Gasteiger partial charge in [0.2, 0.25) is 17.7 Å². The quantitative estimate of drug-likeness (QED) is 0.312. The maximum Gasteiger partial charge on any atom is 0.388 e. The van der Waals surface area contributed by atoms with Crippen LogP contribution in [-0.4, -0.2) is 61.9 Å². The lowest BCUT2D eigenvalue weighted by atomic mass is 9.91. The third-order valence-corrected chi connectivity index (χ3v) is 8.59. The van der Waals surface area contributed by atoms with E-state index in [9.17, 15) is 27.2 Å². The van der Waals surface area contributed by atoms with Gasteiger partial charge >= 0.3 is 6.61 Å². The summed E-state index contributed by atoms with van der Waals surface area (Å²) in [5.41, 5.74) is 1.07. The molecule has 0 aromatic carbocycles. The van der Waals surface area contributed by atoms with Gasteiger partial charge in [-0.05, 0) is 37.7 Å². The molecule has 3 N–H and O–H groups in total. The van der Waals surface area contributed by atoms with Gasteiger partial charge in [0.25, 0.3) is 5.91 Å². The van der Waals surface area contributed by atoms with Gasteiger partial charge in [-0.3, -0.25) is 14.2 Å². The fourth-order valence-corrected chi connectivity index (χ4v) is 6.17. The van der Waals surface area contributed by atoms with Crippen molar-refractivity contribution in [3.8, 4) is 5.88 Å². The molecule has 11 nitrogen and oxygen atoms in total. The Morgan fingerprint density at radius 3 is 2.73 bits per heavy atom. The van der Waals surface area contributed by atoms with Gasteiger partial charge in [0.15, 0.2) is 0 Å². The molecule has 3 aromatic heterocycles. The minimum atomic E-state index is -3.01. The average molecular weight is 583 g/mol. The number of aryl methyl sites for hydroxylation is 2. The Morgan fingerprint density at radius 1 is 1.25 bits per heavy atom. The van der Waals surface area contributed by atoms with Crippen LogP contribution >= 0.6 is 11.3 Å². The van der Waals surface area contributed by atoms with Crippen molar-refractivity contribution < 1.29 is 31.9 Å². The molecule has 0 aliphatic heterocycles. The second-order valence-corrected chi connectivity index (χ2v) is 11.3. The summed E-state index contributed by atoms with van der Waals surface area (Å²) in [5.74, 6) is -1.38. The van der Waals surface area contributed by atoms with Crippen molar-refractivity contribution in [1.29, 1.82) is 0 Å². The largest absolute Gasteiger partial charge is 0.415 e. The summed E-state index contributed by atoms with van der Waals surface area (Å²) in [6, 6.07) is 1.13. The molecule has 3 aliphatic carbocycles. The number of anilines is 3. The molecule has 3 aliphatic rings. The highest BCUT2D eigenvalue weighted by molar-refractivity contribution is 7.17. The van der Waals surface area contributed by atoms with E-state index in [0.717, 1.165) is 10.4 Å². The number of ether oxygens (including phenoxy) is 1. The van der Waals surface area contributed by atoms with Gasteiger partial charge < -0.3 is 20.7 Å². The van der Waals surface area contributed by atoms with Gasteiger partial charge in [0.1, 0.15) is 29.5 Å². The molecule has 0 radical (unpaired) electrons. The summed E-state index contributed by atoms with van der Waals surface area (Å²) < 4.78 is 59.6. The highest BCUT2D eigenvalue weighted by Crippen LogP contribution is 2.43. The molecular weight excluding hydrogens is 556 g/mol. The van der Waals surface area contributed by atoms with E-state index in [1.807, 2.05) is 0 Å². The maximum atomic E-state index is 13.5. The third-order valence-electron chi connectivity index (χ3n) is 7.38. The fraction of sp³-hybridized carbons (Fsp3) is 0.542. The van der Waals surface area contributed by atoms with Crippen LogP contribution in [-0.2, 0) is 24.7 Å². The molecule has 214 valence electrons. The molecule has 40 heavy (non-hydrogen) atoms. The highest BCUT2D eigenvalue weighted by atomic mass is 32.1. The predicted molar refractivity (Wildman–Crippen MR) is 135 cm³/mol. The van der Waals surface area contributed by atoms with Gasteiger partial charge in [-0.1, -0.05) is 0 Å². The third kappa shape index (κ3) is 5.36. The van der Waals surface area contributed by atoms with Crippen LogP contribution in [0.25, 0.3) is 0 Å². The average Bonchev–Trinajstić information content (AvgIpc) is 3.62. The summed E-state index contributed by atoms with van der Waals surface area (Å²) in [6.45, 7) is -2.82. The summed E-state index contributed by atoms with van der Waals surface area (Å²) in [6.07, 6.45) is 1.67. The van der Waals surface area contributed by atoms with Crippen molar-refractivity contribution in [3.63, 3.8) is 0 Å². The molecule has 5 atom stereocenters. The number of fused-ring (bicyclic) bond motifs is 1. The number of hydrogen-bond donors (Lipinski definition) is 3. The van der Waals surface area contributed by atoms with E-state index in [0.29, 0.717) is 48.0 Å². The van der Waals surface area contributed by atoms with Crippen molar-refractivity contribution in [2.75, 3.05) is 17.2 Å². The van der Waals surface area contributed by atoms with E-state index in [4.69, 9.17) is 0 Å². The number of carbonyl (C=O) groups is 2. The molecule has 3 heterocycles. The Labute approximate surface area is 229 Å². The molecule has 3 aromatic rings. The van der Waals surface area contributed by atoms with Gasteiger partial charge in [0.05, 0.1) is 11.5 Å². The second-order valence-electron chi connectivity index (χ2n) is 10.2. The van der Waals surface area contributed by atoms with Crippen LogP contribution in [0.15, 0.2) is 12.4 Å². The number of nitrogens with zero attached hydrogens (tertiary/aromatic N) is 5. The topological polar surface area (TPSA) is 128 Å². The number of thiophene rings is 1. The minimum Gasteiger partial charge on any atom is -0.415 e. The lowest BCUT2D eigenvalue weighted by Crippen LogP contribution is -2.29. The van der Waals surface area contributed by atoms with Crippen molar-refractivity contribution in [2.24, 2.45) is 18.9 Å². The molecular formula is C24H26F4N8O3S. The Morgan fingerprint density at radius 2 is 2.02 bits per heavy atom. The number of halogens is 4. The lowest BCUT2D eigenvalue weighted by Gasteiger charge is -2.25. The van der Waals surface area contributed by atoms with Gasteiger partial charge in [-0.15, -0.1) is 26.6 Å². The normalized spacial score (nSPS) is 24.9. The molecule has 16 heteroatoms. The Hall–Kier alpha value is -3.69. The molecule has 0 spiro atoms. The maximum absolute atomic E-state index is 13.5. The minimum absolute atomic E-state index is 0.163. The van der Waals surface area contributed by atoms with Crippen LogP contribution in [0.1, 0.15) is 46.1 Å². The van der Waals surface area contributed by atoms with Crippen LogP contribution in [0, 0.1) is 11.8 Å². The van der Waals surface area contributed by atoms with Crippen molar-refractivity contribution >= 4 is 39.9 Å². The number of alkyl halides is 4. The number of amides is 2. The van der Waals surface area contributed by atoms with Crippen molar-refractivity contribution in [1.82, 2.24) is 29.9 Å². The standard InChI is InChI=1S/C24H26F4N8O3S/c1-35-17(7-18(34-35)39-23(27)28)31-24-33-30-9-36(24)11-2-3-16-13(5-11)19(21(38)29-8-10-4-14(10)25)22(40-16)32-20(37)12-6-15(12)26/h7,9-12,14-15,23H,2-6,8H2,1H3,(H,29,38)(H,31,33)(H,32,37)/t10-,11+,12+,14-,15+/m1/s1. The van der Waals surface area contributed by atoms with Gasteiger partial charge in [0, 0.05) is 36.5 Å². The van der Waals surface area contributed by atoms with Crippen LogP contribution in [0.2, 0.25) is 0 Å². The van der Waals surface area contributed by atoms with Gasteiger partial charge in [-0.25, -0.2) is 13.5 Å². The number of nitrogens with one attached hydrogen (secondary N) is 3. The zero-order valence-corrected chi connectivity index (χ0v) is 22.1. The van der Waals surface area contributed by atoms with E-state index in [-0.39, 0.29) is 30.8 Å². The van der Waals surface area contributed by atoms with Crippen molar-refractivity contribution in [3.05, 3.63) is 28.4 Å². The molecule has 2 amide bonds. The van der Waals surface area contributed by atoms with Gasteiger partial charge in [-0.2, -0.15) is 8.78 Å². The van der Waals surface area contributed by atoms with Crippen LogP contribution in [0.4, 0.5) is 34.3 Å². The summed E-state index contributed by atoms with van der Waals surface area (Å²) >= 11 is 1.30. The molecule has 0 saturated heterocycles. The van der Waals surface area contributed by atoms with E-state index < -0.39 is 36.7 Å². The summed E-state index contributed by atoms with van der Waals surface area (Å²) in [7, 11) is 1.56. The summed E-state index contributed by atoms with van der Waals surface area (Å²) in [4.78, 5) is 26.8. The second kappa shape index (κ2) is 10.4. The SMILES string of the molecule is Cn1nc(OC(F)F)cc1Nc1nncn1[C@H]1CCc2sc(NC(=O)[C@H]3C[C@@H]3F)c(C(=O)NC[C@H]3C[C@H]3F)c2C1. The fourth-order valence-electron chi connectivity index (χ4n) is 4.93. The Kier molecular flexibility index (Phi) is 6.88. The zero-order valence-electron chi connectivity index (χ0n) is 21.2. The molecule has 0 bridgehead atoms. The number of hydrogen-bond acceptors (Lipinski definition) is 8.